The second-order valence-electron chi connectivity index (χ2n) is 7.57. The molecule has 0 spiro atoms. The molecule has 5 heteroatoms. The molecule has 0 aliphatic carbocycles. The summed E-state index contributed by atoms with van der Waals surface area (Å²) in [5.74, 6) is 1.68. The molecule has 3 heterocycles. The van der Waals surface area contributed by atoms with Crippen LogP contribution in [0.2, 0.25) is 0 Å². The molecule has 0 saturated carbocycles. The Balaban J connectivity index is 1.31. The van der Waals surface area contributed by atoms with Crippen LogP contribution in [-0.2, 0) is 13.0 Å². The summed E-state index contributed by atoms with van der Waals surface area (Å²) < 4.78 is 7.87. The van der Waals surface area contributed by atoms with Crippen molar-refractivity contribution in [2.45, 2.75) is 37.8 Å². The molecule has 2 aliphatic heterocycles. The third kappa shape index (κ3) is 4.05. The van der Waals surface area contributed by atoms with Crippen LogP contribution < -0.4 is 4.74 Å². The molecule has 0 radical (unpaired) electrons. The van der Waals surface area contributed by atoms with Gasteiger partial charge in [-0.05, 0) is 43.2 Å². The minimum absolute atomic E-state index is 0.601. The summed E-state index contributed by atoms with van der Waals surface area (Å²) in [5, 5.41) is 10.8. The van der Waals surface area contributed by atoms with Gasteiger partial charge in [-0.2, -0.15) is 0 Å². The Morgan fingerprint density at radius 2 is 2.08 bits per heavy atom. The second kappa shape index (κ2) is 7.18. The van der Waals surface area contributed by atoms with E-state index in [1.54, 1.807) is 12.5 Å². The number of ether oxygens (including phenoxy) is 1. The molecule has 0 amide bonds. The highest BCUT2D eigenvalue weighted by atomic mass is 16.5. The fraction of sp³-hybridized carbons (Fsp3) is 0.550. The van der Waals surface area contributed by atoms with E-state index in [4.69, 9.17) is 4.74 Å². The molecule has 2 aliphatic rings. The third-order valence-corrected chi connectivity index (χ3v) is 5.60. The van der Waals surface area contributed by atoms with E-state index in [0.717, 1.165) is 57.7 Å². The van der Waals surface area contributed by atoms with Crippen LogP contribution in [0.3, 0.4) is 0 Å². The van der Waals surface area contributed by atoms with Gasteiger partial charge in [0.15, 0.2) is 0 Å². The third-order valence-electron chi connectivity index (χ3n) is 5.60. The van der Waals surface area contributed by atoms with Crippen LogP contribution >= 0.6 is 0 Å². The first kappa shape index (κ1) is 16.6. The second-order valence-corrected chi connectivity index (χ2v) is 7.57. The molecule has 1 N–H and O–H groups in total. The lowest BCUT2D eigenvalue weighted by Crippen LogP contribution is -2.48. The monoisotopic (exact) mass is 341 g/mol. The summed E-state index contributed by atoms with van der Waals surface area (Å²) in [6.07, 6.45) is 9.32. The van der Waals surface area contributed by atoms with Crippen molar-refractivity contribution < 1.29 is 9.84 Å². The number of hydrogen-bond acceptors (Lipinski definition) is 4. The molecular formula is C20H27N3O2. The van der Waals surface area contributed by atoms with Crippen LogP contribution in [0, 0.1) is 5.92 Å². The van der Waals surface area contributed by atoms with E-state index < -0.39 is 5.60 Å². The van der Waals surface area contributed by atoms with Crippen molar-refractivity contribution in [3.05, 3.63) is 48.5 Å². The molecule has 0 unspecified atom stereocenters. The summed E-state index contributed by atoms with van der Waals surface area (Å²) in [6.45, 7) is 4.47. The fourth-order valence-electron chi connectivity index (χ4n) is 4.11. The Morgan fingerprint density at radius 1 is 1.24 bits per heavy atom. The van der Waals surface area contributed by atoms with Gasteiger partial charge in [0.05, 0.1) is 25.1 Å². The number of imidazole rings is 1. The van der Waals surface area contributed by atoms with Gasteiger partial charge in [-0.25, -0.2) is 4.98 Å². The lowest BCUT2D eigenvalue weighted by atomic mass is 9.89. The number of para-hydroxylation sites is 1. The number of fused-ring (bicyclic) bond motifs is 1. The zero-order valence-corrected chi connectivity index (χ0v) is 14.7. The maximum Gasteiger partial charge on any atom is 0.122 e. The Labute approximate surface area is 149 Å². The van der Waals surface area contributed by atoms with Gasteiger partial charge in [0.25, 0.3) is 0 Å². The van der Waals surface area contributed by atoms with Gasteiger partial charge in [0, 0.05) is 32.0 Å². The molecule has 1 aromatic heterocycles. The van der Waals surface area contributed by atoms with Crippen molar-refractivity contribution >= 4 is 0 Å². The highest BCUT2D eigenvalue weighted by Crippen LogP contribution is 2.29. The quantitative estimate of drug-likeness (QED) is 0.927. The lowest BCUT2D eigenvalue weighted by Gasteiger charge is -2.39. The first-order chi connectivity index (χ1) is 12.2. The van der Waals surface area contributed by atoms with E-state index in [9.17, 15) is 5.11 Å². The average molecular weight is 341 g/mol. The highest BCUT2D eigenvalue weighted by molar-refractivity contribution is 5.34. The van der Waals surface area contributed by atoms with E-state index in [-0.39, 0.29) is 0 Å². The Hall–Kier alpha value is -1.85. The van der Waals surface area contributed by atoms with E-state index in [1.807, 2.05) is 16.8 Å². The minimum atomic E-state index is -0.601. The molecule has 134 valence electrons. The number of likely N-dealkylation sites (tertiary alicyclic amines) is 1. The maximum atomic E-state index is 10.8. The molecular weight excluding hydrogens is 314 g/mol. The van der Waals surface area contributed by atoms with Crippen LogP contribution in [0.15, 0.2) is 43.0 Å². The molecule has 5 nitrogen and oxygen atoms in total. The zero-order chi connectivity index (χ0) is 17.1. The molecule has 1 saturated heterocycles. The van der Waals surface area contributed by atoms with Crippen LogP contribution in [-0.4, -0.2) is 51.4 Å². The van der Waals surface area contributed by atoms with Crippen molar-refractivity contribution in [3.8, 4) is 5.75 Å². The molecule has 1 aromatic carbocycles. The number of nitrogens with zero attached hydrogens (tertiary/aromatic N) is 3. The summed E-state index contributed by atoms with van der Waals surface area (Å²) in [5.41, 5.74) is 0.731. The summed E-state index contributed by atoms with van der Waals surface area (Å²) in [4.78, 5) is 6.58. The molecule has 4 rings (SSSR count). The van der Waals surface area contributed by atoms with Gasteiger partial charge in [-0.3, -0.25) is 0 Å². The first-order valence-corrected chi connectivity index (χ1v) is 9.31. The largest absolute Gasteiger partial charge is 0.493 e. The maximum absolute atomic E-state index is 10.8. The van der Waals surface area contributed by atoms with Crippen LogP contribution in [0.1, 0.15) is 24.8 Å². The number of aliphatic hydroxyl groups is 1. The first-order valence-electron chi connectivity index (χ1n) is 9.31. The number of piperidine rings is 1. The van der Waals surface area contributed by atoms with E-state index in [0.29, 0.717) is 12.5 Å². The smallest absolute Gasteiger partial charge is 0.122 e. The number of aromatic nitrogens is 2. The number of benzene rings is 1. The SMILES string of the molecule is OC1(Cn2ccnc2)CCN(C[C@@H]2CCOc3ccccc3C2)CC1. The van der Waals surface area contributed by atoms with Gasteiger partial charge >= 0.3 is 0 Å². The van der Waals surface area contributed by atoms with E-state index >= 15 is 0 Å². The van der Waals surface area contributed by atoms with Gasteiger partial charge in [-0.15, -0.1) is 0 Å². The van der Waals surface area contributed by atoms with E-state index in [1.165, 1.54) is 5.56 Å². The zero-order valence-electron chi connectivity index (χ0n) is 14.7. The summed E-state index contributed by atoms with van der Waals surface area (Å²) in [7, 11) is 0. The molecule has 1 fully saturated rings. The van der Waals surface area contributed by atoms with Crippen molar-refractivity contribution in [2.75, 3.05) is 26.2 Å². The van der Waals surface area contributed by atoms with Gasteiger partial charge in [0.1, 0.15) is 5.75 Å². The summed E-state index contributed by atoms with van der Waals surface area (Å²) in [6, 6.07) is 8.41. The normalized spacial score (nSPS) is 23.5. The molecule has 0 bridgehead atoms. The lowest BCUT2D eigenvalue weighted by molar-refractivity contribution is -0.0369. The minimum Gasteiger partial charge on any atom is -0.493 e. The highest BCUT2D eigenvalue weighted by Gasteiger charge is 2.33. The Morgan fingerprint density at radius 3 is 2.88 bits per heavy atom. The van der Waals surface area contributed by atoms with E-state index in [2.05, 4.69) is 28.1 Å². The van der Waals surface area contributed by atoms with Crippen molar-refractivity contribution in [3.63, 3.8) is 0 Å². The number of hydrogen-bond donors (Lipinski definition) is 1. The number of rotatable bonds is 4. The average Bonchev–Trinajstić information content (AvgIpc) is 3.02. The van der Waals surface area contributed by atoms with Crippen molar-refractivity contribution in [1.82, 2.24) is 14.5 Å². The van der Waals surface area contributed by atoms with Gasteiger partial charge in [0.2, 0.25) is 0 Å². The topological polar surface area (TPSA) is 50.5 Å². The Kier molecular flexibility index (Phi) is 4.77. The molecule has 25 heavy (non-hydrogen) atoms. The molecule has 1 atom stereocenters. The standard InChI is InChI=1S/C20H27N3O2/c24-20(15-23-11-8-21-16-23)6-9-22(10-7-20)14-17-5-12-25-19-4-2-1-3-18(19)13-17/h1-4,8,11,16-17,24H,5-7,9-10,12-15H2/t17-/m1/s1. The van der Waals surface area contributed by atoms with Gasteiger partial charge < -0.3 is 19.3 Å². The van der Waals surface area contributed by atoms with Crippen LogP contribution in [0.4, 0.5) is 0 Å². The predicted molar refractivity (Wildman–Crippen MR) is 96.6 cm³/mol. The van der Waals surface area contributed by atoms with Crippen molar-refractivity contribution in [1.29, 1.82) is 0 Å². The van der Waals surface area contributed by atoms with Gasteiger partial charge in [-0.1, -0.05) is 18.2 Å². The van der Waals surface area contributed by atoms with Crippen LogP contribution in [0.5, 0.6) is 5.75 Å². The van der Waals surface area contributed by atoms with Crippen molar-refractivity contribution in [2.24, 2.45) is 5.92 Å². The predicted octanol–water partition coefficient (Wildman–Crippen LogP) is 2.35. The fourth-order valence-corrected chi connectivity index (χ4v) is 4.11. The molecule has 2 aromatic rings. The summed E-state index contributed by atoms with van der Waals surface area (Å²) >= 11 is 0. The van der Waals surface area contributed by atoms with Crippen LogP contribution in [0.25, 0.3) is 0 Å². The Bertz CT molecular complexity index is 678.